The maximum Gasteiger partial charge on any atom is 0.338 e. The number of hydrogen-bond donors (Lipinski definition) is 2. The highest BCUT2D eigenvalue weighted by atomic mass is 16.5. The van der Waals surface area contributed by atoms with E-state index in [0.717, 1.165) is 19.6 Å². The molecule has 0 amide bonds. The average Bonchev–Trinajstić information content (AvgIpc) is 2.35. The van der Waals surface area contributed by atoms with Gasteiger partial charge in [0.25, 0.3) is 0 Å². The van der Waals surface area contributed by atoms with Gasteiger partial charge in [0.05, 0.1) is 5.56 Å². The number of nitrogens with two attached hydrogens (primary N) is 1. The summed E-state index contributed by atoms with van der Waals surface area (Å²) in [5.74, 6) is -0.294. The fourth-order valence-electron chi connectivity index (χ4n) is 1.51. The topological polar surface area (TPSA) is 90.6 Å². The summed E-state index contributed by atoms with van der Waals surface area (Å²) in [4.78, 5) is 13.8. The summed E-state index contributed by atoms with van der Waals surface area (Å²) in [7, 11) is 0. The van der Waals surface area contributed by atoms with E-state index < -0.39 is 0 Å². The summed E-state index contributed by atoms with van der Waals surface area (Å²) in [5.41, 5.74) is 6.73. The fraction of sp³-hybridized carbons (Fsp3) is 0.462. The predicted octanol–water partition coefficient (Wildman–Crippen LogP) is 1.93. The van der Waals surface area contributed by atoms with Crippen molar-refractivity contribution < 1.29 is 9.53 Å². The van der Waals surface area contributed by atoms with Crippen molar-refractivity contribution in [3.05, 3.63) is 29.8 Å². The molecule has 5 heteroatoms. The molecule has 0 aliphatic heterocycles. The summed E-state index contributed by atoms with van der Waals surface area (Å²) < 4.78 is 5.18. The third-order valence-electron chi connectivity index (χ3n) is 2.68. The van der Waals surface area contributed by atoms with Gasteiger partial charge in [-0.05, 0) is 37.4 Å². The minimum Gasteiger partial charge on any atom is -0.461 e. The molecule has 0 heterocycles. The number of rotatable bonds is 6. The van der Waals surface area contributed by atoms with Crippen LogP contribution in [0.5, 0.6) is 0 Å². The first-order valence-electron chi connectivity index (χ1n) is 5.92. The number of likely N-dealkylation sites (N-methyl/N-ethyl adjacent to an activating group) is 1. The molecule has 0 aliphatic rings. The zero-order valence-electron chi connectivity index (χ0n) is 11.2. The molecule has 0 fully saturated rings. The van der Waals surface area contributed by atoms with Gasteiger partial charge in [-0.15, -0.1) is 0 Å². The van der Waals surface area contributed by atoms with Crippen LogP contribution in [0.2, 0.25) is 0 Å². The Labute approximate surface area is 108 Å². The van der Waals surface area contributed by atoms with Crippen molar-refractivity contribution in [3.63, 3.8) is 0 Å². The van der Waals surface area contributed by atoms with Crippen LogP contribution in [0.15, 0.2) is 24.3 Å². The van der Waals surface area contributed by atoms with Crippen LogP contribution < -0.4 is 11.9 Å². The number of anilines is 1. The highest BCUT2D eigenvalue weighted by Gasteiger charge is 2.07. The molecule has 0 bridgehead atoms. The van der Waals surface area contributed by atoms with Crippen molar-refractivity contribution in [1.82, 2.24) is 11.1 Å². The van der Waals surface area contributed by atoms with Crippen molar-refractivity contribution in [2.75, 3.05) is 32.0 Å². The first kappa shape index (κ1) is 16.4. The predicted molar refractivity (Wildman–Crippen MR) is 73.9 cm³/mol. The van der Waals surface area contributed by atoms with Crippen LogP contribution in [-0.2, 0) is 4.74 Å². The van der Waals surface area contributed by atoms with E-state index in [2.05, 4.69) is 18.7 Å². The van der Waals surface area contributed by atoms with E-state index in [-0.39, 0.29) is 12.1 Å². The maximum absolute atomic E-state index is 11.6. The Kier molecular flexibility index (Phi) is 7.74. The lowest BCUT2D eigenvalue weighted by Gasteiger charge is -2.17. The zero-order chi connectivity index (χ0) is 12.7. The number of benzene rings is 1. The quantitative estimate of drug-likeness (QED) is 0.597. The SMILES string of the molecule is CCN(CC)CCOC(=O)c1ccc(N)cc1.N. The van der Waals surface area contributed by atoms with E-state index in [9.17, 15) is 4.79 Å². The molecule has 1 rings (SSSR count). The van der Waals surface area contributed by atoms with Gasteiger partial charge in [-0.1, -0.05) is 13.8 Å². The molecule has 102 valence electrons. The monoisotopic (exact) mass is 253 g/mol. The molecule has 0 aromatic heterocycles. The molecule has 5 nitrogen and oxygen atoms in total. The Bertz CT molecular complexity index is 348. The molecular weight excluding hydrogens is 230 g/mol. The Balaban J connectivity index is 0.00000289. The van der Waals surface area contributed by atoms with Crippen LogP contribution in [0.25, 0.3) is 0 Å². The number of hydrogen-bond acceptors (Lipinski definition) is 5. The molecule has 0 saturated heterocycles. The zero-order valence-corrected chi connectivity index (χ0v) is 11.2. The summed E-state index contributed by atoms with van der Waals surface area (Å²) >= 11 is 0. The van der Waals surface area contributed by atoms with Gasteiger partial charge in [0.15, 0.2) is 0 Å². The van der Waals surface area contributed by atoms with Crippen LogP contribution in [-0.4, -0.2) is 37.1 Å². The number of nitrogens with zero attached hydrogens (tertiary/aromatic N) is 1. The van der Waals surface area contributed by atoms with Crippen LogP contribution in [0, 0.1) is 0 Å². The minimum absolute atomic E-state index is 0. The van der Waals surface area contributed by atoms with Crippen LogP contribution in [0.3, 0.4) is 0 Å². The largest absolute Gasteiger partial charge is 0.461 e. The van der Waals surface area contributed by atoms with Crippen LogP contribution in [0.4, 0.5) is 5.69 Å². The smallest absolute Gasteiger partial charge is 0.338 e. The van der Waals surface area contributed by atoms with Gasteiger partial charge in [0.1, 0.15) is 6.61 Å². The molecule has 5 N–H and O–H groups in total. The normalized spacial score (nSPS) is 9.94. The number of ether oxygens (including phenoxy) is 1. The van der Waals surface area contributed by atoms with Gasteiger partial charge in [0, 0.05) is 12.2 Å². The van der Waals surface area contributed by atoms with Gasteiger partial charge < -0.3 is 21.5 Å². The summed E-state index contributed by atoms with van der Waals surface area (Å²) in [6, 6.07) is 6.74. The van der Waals surface area contributed by atoms with E-state index in [1.165, 1.54) is 0 Å². The maximum atomic E-state index is 11.6. The second-order valence-electron chi connectivity index (χ2n) is 3.78. The Hall–Kier alpha value is -1.59. The Morgan fingerprint density at radius 1 is 1.22 bits per heavy atom. The summed E-state index contributed by atoms with van der Waals surface area (Å²) in [5, 5.41) is 0. The standard InChI is InChI=1S/C13H20N2O2.H3N/c1-3-15(4-2)9-10-17-13(16)11-5-7-12(14)8-6-11;/h5-8H,3-4,9-10,14H2,1-2H3;1H3. The van der Waals surface area contributed by atoms with Crippen molar-refractivity contribution in [3.8, 4) is 0 Å². The number of nitrogen functional groups attached to an aromatic ring is 1. The van der Waals surface area contributed by atoms with Crippen molar-refractivity contribution >= 4 is 11.7 Å². The van der Waals surface area contributed by atoms with Gasteiger partial charge in [0.2, 0.25) is 0 Å². The molecule has 0 spiro atoms. The van der Waals surface area contributed by atoms with Crippen molar-refractivity contribution in [1.29, 1.82) is 0 Å². The average molecular weight is 253 g/mol. The first-order valence-corrected chi connectivity index (χ1v) is 5.92. The number of carbonyl (C=O) groups is 1. The minimum atomic E-state index is -0.294. The second-order valence-corrected chi connectivity index (χ2v) is 3.78. The lowest BCUT2D eigenvalue weighted by atomic mass is 10.2. The van der Waals surface area contributed by atoms with Crippen molar-refractivity contribution in [2.45, 2.75) is 13.8 Å². The highest BCUT2D eigenvalue weighted by molar-refractivity contribution is 5.89. The highest BCUT2D eigenvalue weighted by Crippen LogP contribution is 2.06. The van der Waals surface area contributed by atoms with E-state index in [0.29, 0.717) is 17.9 Å². The molecule has 0 unspecified atom stereocenters. The Morgan fingerprint density at radius 2 is 1.78 bits per heavy atom. The van der Waals surface area contributed by atoms with Crippen LogP contribution in [0.1, 0.15) is 24.2 Å². The number of esters is 1. The molecule has 1 aromatic rings. The van der Waals surface area contributed by atoms with Gasteiger partial charge >= 0.3 is 5.97 Å². The molecule has 0 saturated carbocycles. The molecular formula is C13H23N3O2. The lowest BCUT2D eigenvalue weighted by molar-refractivity contribution is 0.0466. The van der Waals surface area contributed by atoms with E-state index in [1.54, 1.807) is 24.3 Å². The third kappa shape index (κ3) is 5.16. The molecule has 0 atom stereocenters. The van der Waals surface area contributed by atoms with E-state index >= 15 is 0 Å². The summed E-state index contributed by atoms with van der Waals surface area (Å²) in [6.07, 6.45) is 0. The van der Waals surface area contributed by atoms with Crippen LogP contribution >= 0.6 is 0 Å². The second kappa shape index (κ2) is 8.49. The molecule has 0 aliphatic carbocycles. The van der Waals surface area contributed by atoms with Crippen molar-refractivity contribution in [2.24, 2.45) is 0 Å². The van der Waals surface area contributed by atoms with Gasteiger partial charge in [-0.2, -0.15) is 0 Å². The van der Waals surface area contributed by atoms with Gasteiger partial charge in [-0.3, -0.25) is 0 Å². The number of carbonyl (C=O) groups excluding carboxylic acids is 1. The molecule has 0 radical (unpaired) electrons. The third-order valence-corrected chi connectivity index (χ3v) is 2.68. The van der Waals surface area contributed by atoms with E-state index in [4.69, 9.17) is 10.5 Å². The molecule has 1 aromatic carbocycles. The lowest BCUT2D eigenvalue weighted by Crippen LogP contribution is -2.27. The Morgan fingerprint density at radius 3 is 2.28 bits per heavy atom. The fourth-order valence-corrected chi connectivity index (χ4v) is 1.51. The van der Waals surface area contributed by atoms with E-state index in [1.807, 2.05) is 0 Å². The van der Waals surface area contributed by atoms with Gasteiger partial charge in [-0.25, -0.2) is 4.79 Å². The first-order chi connectivity index (χ1) is 8.17. The molecule has 18 heavy (non-hydrogen) atoms. The summed E-state index contributed by atoms with van der Waals surface area (Å²) in [6.45, 7) is 7.31.